The molecule has 0 radical (unpaired) electrons. The molecule has 10 heteroatoms. The maximum atomic E-state index is 13.6. The lowest BCUT2D eigenvalue weighted by Crippen LogP contribution is -2.45. The second kappa shape index (κ2) is 9.71. The highest BCUT2D eigenvalue weighted by Gasteiger charge is 2.47. The lowest BCUT2D eigenvalue weighted by molar-refractivity contribution is -0.256. The molecule has 3 aliphatic rings. The van der Waals surface area contributed by atoms with E-state index in [1.165, 1.54) is 18.2 Å². The number of phenols is 2. The average molecular weight is 529 g/mol. The number of hydrogen-bond donors (Lipinski definition) is 6. The summed E-state index contributed by atoms with van der Waals surface area (Å²) in [6.07, 6.45) is -3.16. The van der Waals surface area contributed by atoms with Crippen LogP contribution in [-0.2, 0) is 22.5 Å². The zero-order valence-corrected chi connectivity index (χ0v) is 21.2. The highest BCUT2D eigenvalue weighted by atomic mass is 16.7. The number of phenolic OH excluding ortho intramolecular Hbond substituents is 2. The van der Waals surface area contributed by atoms with E-state index < -0.39 is 59.9 Å². The highest BCUT2D eigenvalue weighted by Crippen LogP contribution is 2.52. The third-order valence-corrected chi connectivity index (χ3v) is 8.12. The van der Waals surface area contributed by atoms with Crippen molar-refractivity contribution in [1.29, 1.82) is 0 Å². The topological polar surface area (TPSA) is 174 Å². The first-order valence-corrected chi connectivity index (χ1v) is 12.8. The molecule has 1 fully saturated rings. The number of fused-ring (bicyclic) bond motifs is 3. The molecule has 1 heterocycles. The largest absolute Gasteiger partial charge is 0.507 e. The number of rotatable bonds is 5. The quantitative estimate of drug-likeness (QED) is 0.267. The number of aromatic hydroxyl groups is 2. The summed E-state index contributed by atoms with van der Waals surface area (Å²) in [5.74, 6) is -2.66. The molecule has 204 valence electrons. The molecule has 2 aromatic carbocycles. The normalized spacial score (nSPS) is 30.5. The first-order chi connectivity index (χ1) is 18.0. The lowest BCUT2D eigenvalue weighted by Gasteiger charge is -2.43. The van der Waals surface area contributed by atoms with Crippen molar-refractivity contribution in [3.05, 3.63) is 57.1 Å². The van der Waals surface area contributed by atoms with Crippen LogP contribution in [0.4, 0.5) is 0 Å². The van der Waals surface area contributed by atoms with Gasteiger partial charge in [-0.2, -0.15) is 0 Å². The molecule has 38 heavy (non-hydrogen) atoms. The lowest BCUT2D eigenvalue weighted by atomic mass is 9.72. The predicted molar refractivity (Wildman–Crippen MR) is 132 cm³/mol. The van der Waals surface area contributed by atoms with Crippen molar-refractivity contribution in [2.45, 2.75) is 76.3 Å². The van der Waals surface area contributed by atoms with E-state index in [0.29, 0.717) is 6.42 Å². The second-order valence-corrected chi connectivity index (χ2v) is 10.7. The average Bonchev–Trinajstić information content (AvgIpc) is 2.87. The zero-order chi connectivity index (χ0) is 27.5. The predicted octanol–water partition coefficient (Wildman–Crippen LogP) is 1.61. The number of ketones is 2. The van der Waals surface area contributed by atoms with E-state index in [9.17, 15) is 40.2 Å². The minimum absolute atomic E-state index is 0.00457. The van der Waals surface area contributed by atoms with E-state index in [2.05, 4.69) is 0 Å². The van der Waals surface area contributed by atoms with Crippen LogP contribution in [0.25, 0.3) is 0 Å². The molecule has 0 bridgehead atoms. The summed E-state index contributed by atoms with van der Waals surface area (Å²) in [6.45, 7) is 2.69. The molecular weight excluding hydrogens is 496 g/mol. The maximum Gasteiger partial charge on any atom is 0.198 e. The summed E-state index contributed by atoms with van der Waals surface area (Å²) in [7, 11) is 0. The number of ether oxygens (including phenoxy) is 2. The smallest absolute Gasteiger partial charge is 0.198 e. The number of carbonyl (C=O) groups excluding carboxylic acids is 2. The van der Waals surface area contributed by atoms with Crippen LogP contribution in [0.15, 0.2) is 18.2 Å². The van der Waals surface area contributed by atoms with Crippen LogP contribution < -0.4 is 0 Å². The van der Waals surface area contributed by atoms with Gasteiger partial charge in [0.15, 0.2) is 17.9 Å². The molecule has 6 N–H and O–H groups in total. The van der Waals surface area contributed by atoms with Crippen molar-refractivity contribution < 1.29 is 49.7 Å². The van der Waals surface area contributed by atoms with E-state index in [1.807, 2.05) is 6.92 Å². The minimum atomic E-state index is -1.54. The molecule has 0 saturated carbocycles. The summed E-state index contributed by atoms with van der Waals surface area (Å²) in [5, 5.41) is 63.8. The number of aliphatic hydroxyl groups is 4. The van der Waals surface area contributed by atoms with Gasteiger partial charge < -0.3 is 40.1 Å². The summed E-state index contributed by atoms with van der Waals surface area (Å²) in [6, 6.07) is 4.43. The molecular formula is C28H32O10. The number of aliphatic hydroxyl groups excluding tert-OH is 3. The second-order valence-electron chi connectivity index (χ2n) is 10.7. The van der Waals surface area contributed by atoms with Gasteiger partial charge in [-0.15, -0.1) is 0 Å². The number of benzene rings is 2. The fraction of sp³-hybridized carbons (Fsp3) is 0.500. The molecule has 1 unspecified atom stereocenters. The Morgan fingerprint density at radius 3 is 2.42 bits per heavy atom. The molecule has 2 aliphatic carbocycles. The Kier molecular flexibility index (Phi) is 6.83. The van der Waals surface area contributed by atoms with Crippen LogP contribution in [-0.4, -0.2) is 72.9 Å². The minimum Gasteiger partial charge on any atom is -0.507 e. The van der Waals surface area contributed by atoms with Crippen molar-refractivity contribution in [1.82, 2.24) is 0 Å². The molecule has 6 atom stereocenters. The fourth-order valence-electron chi connectivity index (χ4n) is 6.12. The van der Waals surface area contributed by atoms with Crippen molar-refractivity contribution in [2.24, 2.45) is 5.92 Å². The monoisotopic (exact) mass is 528 g/mol. The van der Waals surface area contributed by atoms with Crippen molar-refractivity contribution in [3.63, 3.8) is 0 Å². The molecule has 2 aromatic rings. The summed E-state index contributed by atoms with van der Waals surface area (Å²) in [4.78, 5) is 27.1. The van der Waals surface area contributed by atoms with Crippen LogP contribution >= 0.6 is 0 Å². The van der Waals surface area contributed by atoms with Gasteiger partial charge in [-0.05, 0) is 24.8 Å². The number of carbonyl (C=O) groups is 2. The maximum absolute atomic E-state index is 13.6. The Morgan fingerprint density at radius 2 is 1.76 bits per heavy atom. The Hall–Kier alpha value is -2.86. The Labute approximate surface area is 219 Å². The Morgan fingerprint density at radius 1 is 1.05 bits per heavy atom. The summed E-state index contributed by atoms with van der Waals surface area (Å²) < 4.78 is 12.0. The van der Waals surface area contributed by atoms with Crippen LogP contribution in [0.3, 0.4) is 0 Å². The molecule has 0 amide bonds. The first kappa shape index (κ1) is 26.7. The van der Waals surface area contributed by atoms with Crippen molar-refractivity contribution >= 4 is 11.6 Å². The van der Waals surface area contributed by atoms with Gasteiger partial charge in [-0.3, -0.25) is 9.59 Å². The van der Waals surface area contributed by atoms with E-state index in [-0.39, 0.29) is 70.7 Å². The molecule has 10 nitrogen and oxygen atoms in total. The Balaban J connectivity index is 1.66. The molecule has 0 spiro atoms. The highest BCUT2D eigenvalue weighted by molar-refractivity contribution is 6.31. The van der Waals surface area contributed by atoms with Gasteiger partial charge in [0.1, 0.15) is 11.5 Å². The first-order valence-electron chi connectivity index (χ1n) is 12.8. The molecule has 5 rings (SSSR count). The van der Waals surface area contributed by atoms with Gasteiger partial charge in [0.2, 0.25) is 0 Å². The Bertz CT molecular complexity index is 1290. The van der Waals surface area contributed by atoms with Crippen LogP contribution in [0.2, 0.25) is 0 Å². The van der Waals surface area contributed by atoms with Gasteiger partial charge in [0.05, 0.1) is 41.6 Å². The standard InChI is InChI=1S/C28H32O10/c1-12-8-18(37-13(2)23(12)31)38-17-10-28(36,6-7-29)9-16-20(17)27(35)22-21(25(16)33)24(32)15-5-3-4-14(11-30)19(15)26(22)34/h3-5,12-13,17-18,23,29-31,33,35-36H,6-11H2,1-2H3/t12-,13?,17-,18-,23+,28-/m0/s1. The third kappa shape index (κ3) is 4.12. The van der Waals surface area contributed by atoms with Gasteiger partial charge >= 0.3 is 0 Å². The van der Waals surface area contributed by atoms with Gasteiger partial charge in [-0.25, -0.2) is 0 Å². The van der Waals surface area contributed by atoms with Gasteiger partial charge in [0.25, 0.3) is 0 Å². The van der Waals surface area contributed by atoms with E-state index in [1.54, 1.807) is 6.92 Å². The van der Waals surface area contributed by atoms with Crippen LogP contribution in [0, 0.1) is 5.92 Å². The molecule has 0 aromatic heterocycles. The van der Waals surface area contributed by atoms with Crippen LogP contribution in [0.1, 0.15) is 87.7 Å². The van der Waals surface area contributed by atoms with Gasteiger partial charge in [0, 0.05) is 48.1 Å². The molecule has 1 saturated heterocycles. The van der Waals surface area contributed by atoms with E-state index in [0.717, 1.165) is 0 Å². The summed E-state index contributed by atoms with van der Waals surface area (Å²) >= 11 is 0. The van der Waals surface area contributed by atoms with Gasteiger partial charge in [-0.1, -0.05) is 25.1 Å². The molecule has 1 aliphatic heterocycles. The van der Waals surface area contributed by atoms with E-state index >= 15 is 0 Å². The SMILES string of the molecule is CC1O[C@@H](O[C@H]2C[C@](O)(CCO)Cc3c(O)c4c(c(O)c32)C(=O)c2c(CO)cccc2C4=O)C[C@H](C)[C@H]1O. The summed E-state index contributed by atoms with van der Waals surface area (Å²) in [5.41, 5.74) is -2.03. The fourth-order valence-corrected chi connectivity index (χ4v) is 6.12. The number of hydrogen-bond acceptors (Lipinski definition) is 10. The van der Waals surface area contributed by atoms with Crippen molar-refractivity contribution in [3.8, 4) is 11.5 Å². The van der Waals surface area contributed by atoms with E-state index in [4.69, 9.17) is 9.47 Å². The van der Waals surface area contributed by atoms with Crippen molar-refractivity contribution in [2.75, 3.05) is 6.61 Å². The third-order valence-electron chi connectivity index (χ3n) is 8.12. The van der Waals surface area contributed by atoms with Crippen LogP contribution in [0.5, 0.6) is 11.5 Å². The zero-order valence-electron chi connectivity index (χ0n) is 21.2.